The molecule has 2 atom stereocenters. The lowest BCUT2D eigenvalue weighted by molar-refractivity contribution is -0.141. The first-order chi connectivity index (χ1) is 15.7. The van der Waals surface area contributed by atoms with Crippen LogP contribution in [-0.4, -0.2) is 104 Å². The Kier molecular flexibility index (Phi) is 14.3. The lowest BCUT2D eigenvalue weighted by Crippen LogP contribution is -2.35. The highest BCUT2D eigenvalue weighted by molar-refractivity contribution is 5.75. The van der Waals surface area contributed by atoms with Crippen LogP contribution in [0.3, 0.4) is 0 Å². The summed E-state index contributed by atoms with van der Waals surface area (Å²) in [6.45, 7) is 15.1. The molecule has 11 heteroatoms. The minimum Gasteiger partial charge on any atom is -0.481 e. The van der Waals surface area contributed by atoms with Crippen LogP contribution in [0.2, 0.25) is 0 Å². The Morgan fingerprint density at radius 3 is 1.63 bits per heavy atom. The first-order valence-electron chi connectivity index (χ1n) is 12.1. The van der Waals surface area contributed by atoms with Gasteiger partial charge in [0.05, 0.1) is 5.92 Å². The maximum Gasteiger partial charge on any atom is 0.410 e. The van der Waals surface area contributed by atoms with Crippen LogP contribution in [0.4, 0.5) is 9.59 Å². The zero-order valence-electron chi connectivity index (χ0n) is 22.2. The molecule has 2 amide bonds. The van der Waals surface area contributed by atoms with E-state index in [0.29, 0.717) is 26.1 Å². The SMILES string of the molecule is C1CCOC1.CC(C)(C)OC(=O)N1CC[C@@H](C(=O)O)C1.CC(C)(C)OC(=O)N1CC[C@@H](CO)C1.[B]. The first-order valence-corrected chi connectivity index (χ1v) is 12.1. The average Bonchev–Trinajstić information content (AvgIpc) is 3.49. The average molecular weight is 499 g/mol. The zero-order valence-corrected chi connectivity index (χ0v) is 22.2. The number of carbonyl (C=O) groups excluding carboxylic acids is 2. The molecule has 0 aromatic carbocycles. The van der Waals surface area contributed by atoms with Crippen LogP contribution in [0, 0.1) is 11.8 Å². The van der Waals surface area contributed by atoms with Gasteiger partial charge in [0.25, 0.3) is 0 Å². The van der Waals surface area contributed by atoms with E-state index in [9.17, 15) is 14.4 Å². The molecule has 0 unspecified atom stereocenters. The van der Waals surface area contributed by atoms with Crippen LogP contribution in [0.1, 0.15) is 67.2 Å². The summed E-state index contributed by atoms with van der Waals surface area (Å²) in [6.07, 6.45) is 3.24. The first kappa shape index (κ1) is 33.0. The standard InChI is InChI=1S/C10H17NO4.C10H19NO3.C4H8O.B/c1-10(2,3)15-9(14)11-5-4-7(6-11)8(12)13;1-10(2,3)14-9(13)11-5-4-8(6-11)7-12;1-2-4-5-3-1;/h7H,4-6H2,1-3H3,(H,12,13);8,12H,4-7H2,1-3H3;1-4H2;/t7-;8-;;/m11../s1. The van der Waals surface area contributed by atoms with E-state index in [1.165, 1.54) is 17.7 Å². The van der Waals surface area contributed by atoms with Crippen LogP contribution < -0.4 is 0 Å². The molecule has 2 N–H and O–H groups in total. The molecule has 3 heterocycles. The fraction of sp³-hybridized carbons (Fsp3) is 0.875. The molecule has 3 saturated heterocycles. The topological polar surface area (TPSA) is 126 Å². The summed E-state index contributed by atoms with van der Waals surface area (Å²) in [7, 11) is 0. The highest BCUT2D eigenvalue weighted by Crippen LogP contribution is 2.20. The Balaban J connectivity index is 0.000000538. The van der Waals surface area contributed by atoms with Gasteiger partial charge in [-0.3, -0.25) is 4.79 Å². The van der Waals surface area contributed by atoms with Crippen molar-refractivity contribution in [3.05, 3.63) is 0 Å². The van der Waals surface area contributed by atoms with Crippen molar-refractivity contribution in [3.8, 4) is 0 Å². The van der Waals surface area contributed by atoms with Gasteiger partial charge in [-0.15, -0.1) is 0 Å². The molecule has 3 radical (unpaired) electrons. The zero-order chi connectivity index (χ0) is 25.9. The summed E-state index contributed by atoms with van der Waals surface area (Å²) >= 11 is 0. The number of carboxylic acid groups (broad SMARTS) is 1. The van der Waals surface area contributed by atoms with E-state index in [-0.39, 0.29) is 33.6 Å². The second kappa shape index (κ2) is 15.2. The fourth-order valence-corrected chi connectivity index (χ4v) is 3.44. The molecule has 0 saturated carbocycles. The van der Waals surface area contributed by atoms with Crippen LogP contribution in [0.15, 0.2) is 0 Å². The van der Waals surface area contributed by atoms with Gasteiger partial charge < -0.3 is 34.2 Å². The van der Waals surface area contributed by atoms with Crippen molar-refractivity contribution in [2.45, 2.75) is 78.4 Å². The van der Waals surface area contributed by atoms with Crippen LogP contribution >= 0.6 is 0 Å². The van der Waals surface area contributed by atoms with E-state index in [1.54, 1.807) is 25.7 Å². The lowest BCUT2D eigenvalue weighted by Gasteiger charge is -2.24. The molecule has 0 bridgehead atoms. The van der Waals surface area contributed by atoms with E-state index < -0.39 is 29.2 Å². The summed E-state index contributed by atoms with van der Waals surface area (Å²) < 4.78 is 15.3. The molecular weight excluding hydrogens is 455 g/mol. The minimum atomic E-state index is -0.846. The van der Waals surface area contributed by atoms with Gasteiger partial charge in [0.15, 0.2) is 0 Å². The van der Waals surface area contributed by atoms with E-state index in [0.717, 1.165) is 19.6 Å². The van der Waals surface area contributed by atoms with Crippen LogP contribution in [-0.2, 0) is 19.0 Å². The van der Waals surface area contributed by atoms with Gasteiger partial charge in [-0.1, -0.05) is 0 Å². The van der Waals surface area contributed by atoms with E-state index in [4.69, 9.17) is 24.4 Å². The fourth-order valence-electron chi connectivity index (χ4n) is 3.44. The summed E-state index contributed by atoms with van der Waals surface area (Å²) in [5.74, 6) is -1.07. The number of aliphatic carboxylic acids is 1. The quantitative estimate of drug-likeness (QED) is 0.556. The Hall–Kier alpha value is -2.01. The number of ether oxygens (including phenoxy) is 3. The van der Waals surface area contributed by atoms with Gasteiger partial charge in [-0.05, 0) is 67.2 Å². The predicted molar refractivity (Wildman–Crippen MR) is 132 cm³/mol. The lowest BCUT2D eigenvalue weighted by atomic mass is 10.1. The predicted octanol–water partition coefficient (Wildman–Crippen LogP) is 2.98. The highest BCUT2D eigenvalue weighted by atomic mass is 16.6. The summed E-state index contributed by atoms with van der Waals surface area (Å²) in [5, 5.41) is 17.7. The largest absolute Gasteiger partial charge is 0.481 e. The molecule has 3 rings (SSSR count). The smallest absolute Gasteiger partial charge is 0.410 e. The summed E-state index contributed by atoms with van der Waals surface area (Å²) in [5.41, 5.74) is -0.965. The Morgan fingerprint density at radius 2 is 1.31 bits per heavy atom. The number of likely N-dealkylation sites (tertiary alicyclic amines) is 2. The summed E-state index contributed by atoms with van der Waals surface area (Å²) in [4.78, 5) is 36.9. The molecule has 3 fully saturated rings. The number of carbonyl (C=O) groups is 3. The molecule has 10 nitrogen and oxygen atoms in total. The number of aliphatic hydroxyl groups is 1. The Morgan fingerprint density at radius 1 is 0.857 bits per heavy atom. The second-order valence-electron chi connectivity index (χ2n) is 10.8. The van der Waals surface area contributed by atoms with Gasteiger partial charge in [0.2, 0.25) is 0 Å². The number of amides is 2. The molecule has 0 aliphatic carbocycles. The van der Waals surface area contributed by atoms with E-state index >= 15 is 0 Å². The molecule has 0 aromatic heterocycles. The number of nitrogens with zero attached hydrogens (tertiary/aromatic N) is 2. The molecular formula is C24H44BN2O8. The molecule has 3 aliphatic rings. The van der Waals surface area contributed by atoms with Crippen molar-refractivity contribution < 1.29 is 38.8 Å². The van der Waals surface area contributed by atoms with Gasteiger partial charge in [-0.2, -0.15) is 0 Å². The third kappa shape index (κ3) is 14.2. The van der Waals surface area contributed by atoms with Crippen LogP contribution in [0.5, 0.6) is 0 Å². The number of hydrogen-bond acceptors (Lipinski definition) is 7. The highest BCUT2D eigenvalue weighted by Gasteiger charge is 2.33. The second-order valence-corrected chi connectivity index (χ2v) is 10.8. The van der Waals surface area contributed by atoms with Crippen molar-refractivity contribution in [2.24, 2.45) is 11.8 Å². The van der Waals surface area contributed by atoms with Crippen molar-refractivity contribution in [1.82, 2.24) is 9.80 Å². The van der Waals surface area contributed by atoms with Gasteiger partial charge in [0.1, 0.15) is 11.2 Å². The third-order valence-corrected chi connectivity index (χ3v) is 5.21. The van der Waals surface area contributed by atoms with Crippen molar-refractivity contribution >= 4 is 26.6 Å². The molecule has 201 valence electrons. The van der Waals surface area contributed by atoms with Gasteiger partial charge in [-0.25, -0.2) is 9.59 Å². The minimum absolute atomic E-state index is 0. The maximum absolute atomic E-state index is 11.5. The molecule has 0 aromatic rings. The third-order valence-electron chi connectivity index (χ3n) is 5.21. The molecule has 0 spiro atoms. The number of rotatable bonds is 2. The number of aliphatic hydroxyl groups excluding tert-OH is 1. The Labute approximate surface area is 211 Å². The normalized spacial score (nSPS) is 21.7. The maximum atomic E-state index is 11.5. The van der Waals surface area contributed by atoms with Crippen molar-refractivity contribution in [3.63, 3.8) is 0 Å². The summed E-state index contributed by atoms with van der Waals surface area (Å²) in [6, 6.07) is 0. The molecule has 35 heavy (non-hydrogen) atoms. The monoisotopic (exact) mass is 499 g/mol. The number of carboxylic acids is 1. The van der Waals surface area contributed by atoms with E-state index in [1.807, 2.05) is 20.8 Å². The van der Waals surface area contributed by atoms with Gasteiger partial charge >= 0.3 is 18.2 Å². The van der Waals surface area contributed by atoms with Crippen LogP contribution in [0.25, 0.3) is 0 Å². The van der Waals surface area contributed by atoms with Crippen molar-refractivity contribution in [1.29, 1.82) is 0 Å². The van der Waals surface area contributed by atoms with Crippen molar-refractivity contribution in [2.75, 3.05) is 46.0 Å². The van der Waals surface area contributed by atoms with Gasteiger partial charge in [0, 0.05) is 60.3 Å². The Bertz CT molecular complexity index is 651. The number of hydrogen-bond donors (Lipinski definition) is 2. The van der Waals surface area contributed by atoms with E-state index in [2.05, 4.69) is 0 Å². The molecule has 3 aliphatic heterocycles.